The fraction of sp³-hybridized carbons (Fsp3) is 0.688. The van der Waals surface area contributed by atoms with Crippen molar-refractivity contribution in [1.29, 1.82) is 0 Å². The Bertz CT molecular complexity index is 546. The third kappa shape index (κ3) is 3.51. The van der Waals surface area contributed by atoms with Crippen molar-refractivity contribution in [2.45, 2.75) is 51.7 Å². The van der Waals surface area contributed by atoms with E-state index in [1.807, 2.05) is 55.4 Å². The van der Waals surface area contributed by atoms with E-state index in [9.17, 15) is 4.79 Å². The molecular weight excluding hydrogens is 307 g/mol. The van der Waals surface area contributed by atoms with Crippen molar-refractivity contribution in [2.75, 3.05) is 19.6 Å². The summed E-state index contributed by atoms with van der Waals surface area (Å²) in [6.07, 6.45) is 7.35. The van der Waals surface area contributed by atoms with Crippen LogP contribution in [0, 0.1) is 0 Å². The van der Waals surface area contributed by atoms with Crippen molar-refractivity contribution in [1.82, 2.24) is 15.4 Å². The first kappa shape index (κ1) is 17.5. The Morgan fingerprint density at radius 2 is 2.04 bits per heavy atom. The first-order chi connectivity index (χ1) is 11.3. The number of hydrogen-bond acceptors (Lipinski definition) is 5. The van der Waals surface area contributed by atoms with Gasteiger partial charge in [-0.05, 0) is 39.6 Å². The second-order valence-electron chi connectivity index (χ2n) is 7.55. The molecule has 0 aromatic carbocycles. The predicted molar refractivity (Wildman–Crippen MR) is 90.9 cm³/mol. The molecule has 0 aromatic heterocycles. The maximum Gasteiger partial charge on any atom is 0.492 e. The lowest BCUT2D eigenvalue weighted by molar-refractivity contribution is -0.661. The van der Waals surface area contributed by atoms with Gasteiger partial charge in [-0.15, -0.1) is 0 Å². The molecule has 0 atom stereocenters. The zero-order valence-electron chi connectivity index (χ0n) is 15.0. The first-order valence-corrected chi connectivity index (χ1v) is 8.64. The Morgan fingerprint density at radius 1 is 1.33 bits per heavy atom. The van der Waals surface area contributed by atoms with Crippen molar-refractivity contribution < 1.29 is 19.5 Å². The van der Waals surface area contributed by atoms with Crippen LogP contribution >= 0.6 is 0 Å². The maximum atomic E-state index is 12.5. The average Bonchev–Trinajstić information content (AvgIpc) is 3.11. The Balaban J connectivity index is 1.55. The number of nitrogens with two attached hydrogens (primary N) is 1. The lowest BCUT2D eigenvalue weighted by Crippen LogP contribution is -2.87. The van der Waals surface area contributed by atoms with Crippen molar-refractivity contribution in [3.05, 3.63) is 23.9 Å². The molecule has 0 aliphatic carbocycles. The quantitative estimate of drug-likeness (QED) is 0.556. The minimum Gasteiger partial charge on any atom is -0.400 e. The first-order valence-electron chi connectivity index (χ1n) is 8.64. The molecule has 1 amide bonds. The standard InChI is InChI=1S/C16H27BN4O3/c1-15(2)16(3,4)24-17(23-15)13-6-5-9-20(12-13)14(22)7-10-21-11-8-18-19-21/h6,8,11,18-19H,5,7,9-10,12H2,1-4H3/p+1. The number of carbonyl (C=O) groups is 1. The van der Waals surface area contributed by atoms with Gasteiger partial charge in [0.05, 0.1) is 17.4 Å². The summed E-state index contributed by atoms with van der Waals surface area (Å²) in [6.45, 7) is 10.2. The van der Waals surface area contributed by atoms with Crippen LogP contribution < -0.4 is 11.0 Å². The van der Waals surface area contributed by atoms with Gasteiger partial charge in [-0.1, -0.05) is 11.6 Å². The van der Waals surface area contributed by atoms with Gasteiger partial charge >= 0.3 is 7.12 Å². The Kier molecular flexibility index (Phi) is 4.74. The molecule has 3 heterocycles. The van der Waals surface area contributed by atoms with Gasteiger partial charge in [0.25, 0.3) is 0 Å². The monoisotopic (exact) mass is 335 g/mol. The Labute approximate surface area is 144 Å². The molecule has 0 radical (unpaired) electrons. The zero-order valence-corrected chi connectivity index (χ0v) is 15.0. The second kappa shape index (κ2) is 6.52. The molecule has 0 spiro atoms. The minimum atomic E-state index is -0.358. The number of hydrogen-bond donors (Lipinski definition) is 2. The highest BCUT2D eigenvalue weighted by molar-refractivity contribution is 6.54. The summed E-state index contributed by atoms with van der Waals surface area (Å²) in [7, 11) is -0.358. The minimum absolute atomic E-state index is 0.166. The van der Waals surface area contributed by atoms with Gasteiger partial charge in [0.2, 0.25) is 5.91 Å². The summed E-state index contributed by atoms with van der Waals surface area (Å²) in [4.78, 5) is 14.4. The molecule has 1 fully saturated rings. The van der Waals surface area contributed by atoms with Crippen LogP contribution in [0.2, 0.25) is 0 Å². The largest absolute Gasteiger partial charge is 0.492 e. The highest BCUT2D eigenvalue weighted by Gasteiger charge is 2.52. The normalized spacial score (nSPS) is 25.3. The van der Waals surface area contributed by atoms with E-state index in [0.717, 1.165) is 18.4 Å². The lowest BCUT2D eigenvalue weighted by atomic mass is 9.76. The lowest BCUT2D eigenvalue weighted by Gasteiger charge is -2.32. The number of nitrogens with zero attached hydrogens (tertiary/aromatic N) is 2. The van der Waals surface area contributed by atoms with Crippen LogP contribution in [0.25, 0.3) is 0 Å². The van der Waals surface area contributed by atoms with Gasteiger partial charge in [-0.25, -0.2) is 5.43 Å². The van der Waals surface area contributed by atoms with Crippen LogP contribution in [0.5, 0.6) is 0 Å². The van der Waals surface area contributed by atoms with Crippen LogP contribution in [0.4, 0.5) is 0 Å². The number of quaternary nitrogens is 1. The Morgan fingerprint density at radius 3 is 2.67 bits per heavy atom. The summed E-state index contributed by atoms with van der Waals surface area (Å²) in [5.74, 6) is 0.166. The van der Waals surface area contributed by atoms with E-state index >= 15 is 0 Å². The van der Waals surface area contributed by atoms with E-state index in [-0.39, 0.29) is 24.2 Å². The Hall–Kier alpha value is -1.35. The molecule has 0 bridgehead atoms. The van der Waals surface area contributed by atoms with Crippen molar-refractivity contribution in [2.24, 2.45) is 0 Å². The molecule has 3 rings (SSSR count). The van der Waals surface area contributed by atoms with E-state index < -0.39 is 0 Å². The van der Waals surface area contributed by atoms with Crippen molar-refractivity contribution >= 4 is 13.0 Å². The third-order valence-corrected chi connectivity index (χ3v) is 5.26. The predicted octanol–water partition coefficient (Wildman–Crippen LogP) is -0.0636. The molecular formula is C16H28BN4O3+. The third-order valence-electron chi connectivity index (χ3n) is 5.26. The van der Waals surface area contributed by atoms with E-state index in [2.05, 4.69) is 11.6 Å². The molecule has 3 aliphatic heterocycles. The van der Waals surface area contributed by atoms with Gasteiger partial charge in [0, 0.05) is 26.1 Å². The SMILES string of the molecule is CC1(C)OB(C2=CCCN(C(=O)CCN3C=C[NH2+]N3)C2)OC1(C)C. The second-order valence-corrected chi connectivity index (χ2v) is 7.55. The van der Waals surface area contributed by atoms with E-state index in [1.165, 1.54) is 0 Å². The summed E-state index contributed by atoms with van der Waals surface area (Å²) >= 11 is 0. The zero-order chi connectivity index (χ0) is 17.4. The van der Waals surface area contributed by atoms with Gasteiger partial charge in [-0.3, -0.25) is 9.80 Å². The molecule has 7 nitrogen and oxygen atoms in total. The van der Waals surface area contributed by atoms with Crippen LogP contribution in [0.15, 0.2) is 23.9 Å². The summed E-state index contributed by atoms with van der Waals surface area (Å²) in [6, 6.07) is 0. The molecule has 8 heteroatoms. The fourth-order valence-electron chi connectivity index (χ4n) is 2.99. The molecule has 3 N–H and O–H groups in total. The van der Waals surface area contributed by atoms with E-state index in [4.69, 9.17) is 9.31 Å². The molecule has 3 aliphatic rings. The number of carbonyl (C=O) groups excluding carboxylic acids is 1. The number of nitrogens with one attached hydrogen (secondary N) is 1. The average molecular weight is 335 g/mol. The van der Waals surface area contributed by atoms with Gasteiger partial charge in [-0.2, -0.15) is 0 Å². The fourth-order valence-corrected chi connectivity index (χ4v) is 2.99. The topological polar surface area (TPSA) is 70.7 Å². The summed E-state index contributed by atoms with van der Waals surface area (Å²) < 4.78 is 12.2. The van der Waals surface area contributed by atoms with Crippen LogP contribution in [0.3, 0.4) is 0 Å². The van der Waals surface area contributed by atoms with Gasteiger partial charge in [0.15, 0.2) is 0 Å². The maximum absolute atomic E-state index is 12.5. The van der Waals surface area contributed by atoms with E-state index in [1.54, 1.807) is 0 Å². The molecule has 0 unspecified atom stereocenters. The van der Waals surface area contributed by atoms with Crippen LogP contribution in [-0.2, 0) is 14.1 Å². The van der Waals surface area contributed by atoms with Crippen molar-refractivity contribution in [3.8, 4) is 0 Å². The van der Waals surface area contributed by atoms with E-state index in [0.29, 0.717) is 19.5 Å². The molecule has 132 valence electrons. The number of rotatable bonds is 4. The van der Waals surface area contributed by atoms with Crippen LogP contribution in [-0.4, -0.2) is 53.8 Å². The molecule has 0 saturated carbocycles. The number of amides is 1. The molecule has 0 aromatic rings. The van der Waals surface area contributed by atoms with Crippen LogP contribution in [0.1, 0.15) is 40.5 Å². The van der Waals surface area contributed by atoms with Gasteiger partial charge in [0.1, 0.15) is 6.20 Å². The highest BCUT2D eigenvalue weighted by atomic mass is 16.7. The van der Waals surface area contributed by atoms with Crippen molar-refractivity contribution in [3.63, 3.8) is 0 Å². The smallest absolute Gasteiger partial charge is 0.400 e. The number of hydrazine groups is 1. The van der Waals surface area contributed by atoms with Gasteiger partial charge < -0.3 is 14.2 Å². The highest BCUT2D eigenvalue weighted by Crippen LogP contribution is 2.39. The summed E-state index contributed by atoms with van der Waals surface area (Å²) in [5, 5.41) is 1.91. The summed E-state index contributed by atoms with van der Waals surface area (Å²) in [5.41, 5.74) is 5.27. The molecule has 24 heavy (non-hydrogen) atoms. The molecule has 1 saturated heterocycles.